The zero-order chi connectivity index (χ0) is 14.9. The minimum Gasteiger partial charge on any atom is -0.383 e. The molecule has 116 valence electrons. The van der Waals surface area contributed by atoms with Gasteiger partial charge in [-0.2, -0.15) is 0 Å². The molecule has 2 aromatic heterocycles. The Hall–Kier alpha value is -1.45. The molecule has 0 unspecified atom stereocenters. The van der Waals surface area contributed by atoms with Crippen LogP contribution in [-0.2, 0) is 23.6 Å². The highest BCUT2D eigenvalue weighted by atomic mass is 32.2. The van der Waals surface area contributed by atoms with Crippen LogP contribution in [0.1, 0.15) is 12.7 Å². The molecule has 0 aromatic carbocycles. The number of hydrogen-bond donors (Lipinski definition) is 1. The average molecular weight is 311 g/mol. The van der Waals surface area contributed by atoms with E-state index in [1.165, 1.54) is 0 Å². The molecule has 9 heteroatoms. The Kier molecular flexibility index (Phi) is 6.64. The van der Waals surface area contributed by atoms with Gasteiger partial charge in [0.25, 0.3) is 0 Å². The van der Waals surface area contributed by atoms with Crippen LogP contribution < -0.4 is 5.32 Å². The van der Waals surface area contributed by atoms with Crippen LogP contribution in [-0.4, -0.2) is 56.6 Å². The number of rotatable bonds is 10. The summed E-state index contributed by atoms with van der Waals surface area (Å²) in [4.78, 5) is 4.35. The topological polar surface area (TPSA) is 82.7 Å². The molecule has 0 saturated carbocycles. The summed E-state index contributed by atoms with van der Waals surface area (Å²) in [5, 5.41) is 15.9. The Morgan fingerprint density at radius 3 is 3.10 bits per heavy atom. The van der Waals surface area contributed by atoms with Crippen molar-refractivity contribution in [3.05, 3.63) is 18.2 Å². The summed E-state index contributed by atoms with van der Waals surface area (Å²) in [6, 6.07) is 0. The summed E-state index contributed by atoms with van der Waals surface area (Å²) in [5.74, 6) is 1.80. The SMILES string of the molecule is CCn1ccnc1CSc1nnnn1CCNCCOC. The first-order chi connectivity index (χ1) is 10.3. The molecule has 0 fully saturated rings. The second-order valence-electron chi connectivity index (χ2n) is 4.35. The predicted octanol–water partition coefficient (Wildman–Crippen LogP) is 0.418. The molecule has 1 N–H and O–H groups in total. The van der Waals surface area contributed by atoms with Crippen LogP contribution >= 0.6 is 11.8 Å². The quantitative estimate of drug-likeness (QED) is 0.503. The van der Waals surface area contributed by atoms with Crippen LogP contribution in [0, 0.1) is 0 Å². The van der Waals surface area contributed by atoms with Crippen molar-refractivity contribution in [2.75, 3.05) is 26.8 Å². The van der Waals surface area contributed by atoms with Crippen molar-refractivity contribution in [1.82, 2.24) is 35.1 Å². The number of imidazole rings is 1. The van der Waals surface area contributed by atoms with Crippen molar-refractivity contribution in [3.8, 4) is 0 Å². The summed E-state index contributed by atoms with van der Waals surface area (Å²) >= 11 is 1.60. The monoisotopic (exact) mass is 311 g/mol. The van der Waals surface area contributed by atoms with Gasteiger partial charge in [-0.25, -0.2) is 9.67 Å². The van der Waals surface area contributed by atoms with E-state index in [1.807, 2.05) is 17.1 Å². The number of aromatic nitrogens is 6. The van der Waals surface area contributed by atoms with E-state index in [2.05, 4.69) is 37.3 Å². The second-order valence-corrected chi connectivity index (χ2v) is 5.29. The highest BCUT2D eigenvalue weighted by Crippen LogP contribution is 2.18. The zero-order valence-corrected chi connectivity index (χ0v) is 13.2. The van der Waals surface area contributed by atoms with E-state index in [-0.39, 0.29) is 0 Å². The maximum atomic E-state index is 4.98. The molecule has 0 saturated heterocycles. The lowest BCUT2D eigenvalue weighted by molar-refractivity contribution is 0.199. The fourth-order valence-corrected chi connectivity index (χ4v) is 2.69. The molecule has 2 rings (SSSR count). The van der Waals surface area contributed by atoms with E-state index >= 15 is 0 Å². The molecule has 2 heterocycles. The molecule has 8 nitrogen and oxygen atoms in total. The van der Waals surface area contributed by atoms with Crippen LogP contribution in [0.15, 0.2) is 17.6 Å². The van der Waals surface area contributed by atoms with E-state index in [0.29, 0.717) is 6.61 Å². The molecule has 0 aliphatic carbocycles. The van der Waals surface area contributed by atoms with Gasteiger partial charge in [0, 0.05) is 39.1 Å². The summed E-state index contributed by atoms with van der Waals surface area (Å²) in [6.07, 6.45) is 3.81. The standard InChI is InChI=1S/C12H21N7OS/c1-3-18-7-5-14-11(18)10-21-12-15-16-17-19(12)8-4-13-6-9-20-2/h5,7,13H,3-4,6,8-10H2,1-2H3. The van der Waals surface area contributed by atoms with Gasteiger partial charge in [-0.05, 0) is 17.4 Å². The van der Waals surface area contributed by atoms with Crippen LogP contribution in [0.4, 0.5) is 0 Å². The summed E-state index contributed by atoms with van der Waals surface area (Å²) in [5.41, 5.74) is 0. The maximum Gasteiger partial charge on any atom is 0.209 e. The van der Waals surface area contributed by atoms with Gasteiger partial charge in [-0.15, -0.1) is 5.10 Å². The largest absolute Gasteiger partial charge is 0.383 e. The van der Waals surface area contributed by atoms with Crippen LogP contribution in [0.25, 0.3) is 0 Å². The molecule has 21 heavy (non-hydrogen) atoms. The van der Waals surface area contributed by atoms with Crippen molar-refractivity contribution in [2.45, 2.75) is 30.9 Å². The van der Waals surface area contributed by atoms with Gasteiger partial charge >= 0.3 is 0 Å². The Labute approximate surface area is 128 Å². The van der Waals surface area contributed by atoms with Crippen molar-refractivity contribution in [3.63, 3.8) is 0 Å². The number of nitrogens with zero attached hydrogens (tertiary/aromatic N) is 6. The fourth-order valence-electron chi connectivity index (χ4n) is 1.82. The van der Waals surface area contributed by atoms with Gasteiger partial charge in [-0.3, -0.25) is 0 Å². The van der Waals surface area contributed by atoms with E-state index in [1.54, 1.807) is 18.9 Å². The zero-order valence-electron chi connectivity index (χ0n) is 12.4. The first-order valence-corrected chi connectivity index (χ1v) is 7.92. The number of aryl methyl sites for hydroxylation is 1. The molecule has 0 amide bonds. The van der Waals surface area contributed by atoms with Gasteiger partial charge in [-0.1, -0.05) is 11.8 Å². The van der Waals surface area contributed by atoms with E-state index in [0.717, 1.165) is 42.9 Å². The lowest BCUT2D eigenvalue weighted by atomic mass is 10.6. The number of hydrogen-bond acceptors (Lipinski definition) is 7. The molecule has 0 radical (unpaired) electrons. The third kappa shape index (κ3) is 4.80. The van der Waals surface area contributed by atoms with E-state index in [4.69, 9.17) is 4.74 Å². The average Bonchev–Trinajstić information content (AvgIpc) is 3.13. The third-order valence-electron chi connectivity index (χ3n) is 2.96. The van der Waals surface area contributed by atoms with Crippen molar-refractivity contribution >= 4 is 11.8 Å². The minimum atomic E-state index is 0.705. The van der Waals surface area contributed by atoms with Crippen molar-refractivity contribution in [1.29, 1.82) is 0 Å². The summed E-state index contributed by atoms with van der Waals surface area (Å²) in [6.45, 7) is 6.11. The first kappa shape index (κ1) is 15.9. The van der Waals surface area contributed by atoms with Gasteiger partial charge in [0.05, 0.1) is 18.9 Å². The Morgan fingerprint density at radius 1 is 1.38 bits per heavy atom. The molecule has 2 aromatic rings. The lowest BCUT2D eigenvalue weighted by Gasteiger charge is -2.06. The van der Waals surface area contributed by atoms with Gasteiger partial charge < -0.3 is 14.6 Å². The molecule has 0 aliphatic rings. The van der Waals surface area contributed by atoms with Gasteiger partial charge in [0.1, 0.15) is 5.82 Å². The molecular weight excluding hydrogens is 290 g/mol. The fraction of sp³-hybridized carbons (Fsp3) is 0.667. The van der Waals surface area contributed by atoms with Crippen LogP contribution in [0.2, 0.25) is 0 Å². The normalized spacial score (nSPS) is 11.1. The molecule has 0 atom stereocenters. The lowest BCUT2D eigenvalue weighted by Crippen LogP contribution is -2.24. The Morgan fingerprint density at radius 2 is 2.29 bits per heavy atom. The summed E-state index contributed by atoms with van der Waals surface area (Å²) in [7, 11) is 1.69. The first-order valence-electron chi connectivity index (χ1n) is 6.93. The Bertz CT molecular complexity index is 527. The predicted molar refractivity (Wildman–Crippen MR) is 80.0 cm³/mol. The second kappa shape index (κ2) is 8.75. The third-order valence-corrected chi connectivity index (χ3v) is 3.91. The molecular formula is C12H21N7OS. The highest BCUT2D eigenvalue weighted by Gasteiger charge is 2.09. The number of methoxy groups -OCH3 is 1. The molecule has 0 spiro atoms. The van der Waals surface area contributed by atoms with Crippen LogP contribution in [0.3, 0.4) is 0 Å². The summed E-state index contributed by atoms with van der Waals surface area (Å²) < 4.78 is 8.91. The van der Waals surface area contributed by atoms with Gasteiger partial charge in [0.15, 0.2) is 0 Å². The minimum absolute atomic E-state index is 0.705. The highest BCUT2D eigenvalue weighted by molar-refractivity contribution is 7.98. The Balaban J connectivity index is 1.80. The van der Waals surface area contributed by atoms with E-state index < -0.39 is 0 Å². The van der Waals surface area contributed by atoms with Crippen molar-refractivity contribution in [2.24, 2.45) is 0 Å². The molecule has 0 bridgehead atoms. The maximum absolute atomic E-state index is 4.98. The van der Waals surface area contributed by atoms with Crippen LogP contribution in [0.5, 0.6) is 0 Å². The van der Waals surface area contributed by atoms with Crippen molar-refractivity contribution < 1.29 is 4.74 Å². The number of ether oxygens (including phenoxy) is 1. The van der Waals surface area contributed by atoms with Gasteiger partial charge in [0.2, 0.25) is 5.16 Å². The number of thioether (sulfide) groups is 1. The van der Waals surface area contributed by atoms with E-state index in [9.17, 15) is 0 Å². The smallest absolute Gasteiger partial charge is 0.209 e. The number of tetrazole rings is 1. The number of nitrogens with one attached hydrogen (secondary N) is 1. The molecule has 0 aliphatic heterocycles.